The van der Waals surface area contributed by atoms with Gasteiger partial charge in [0.25, 0.3) is 5.91 Å². The molecular formula is C30H42FN2O14P. The van der Waals surface area contributed by atoms with Crippen LogP contribution in [0.4, 0.5) is 4.39 Å². The van der Waals surface area contributed by atoms with Crippen molar-refractivity contribution >= 4 is 49.1 Å². The summed E-state index contributed by atoms with van der Waals surface area (Å²) in [6.07, 6.45) is -1.47. The SMILES string of the molecule is O=C(O)CC[C@H](CP(=O)(O)OCCC[C@H](NC(=O)CC[C@H](CC(=O)CCCCCNC(=O)c1ccc([18F])cc1)C(=O)O)C(=O)O)C(=O)O. The summed E-state index contributed by atoms with van der Waals surface area (Å²) < 4.78 is 30.0. The number of amides is 2. The molecule has 48 heavy (non-hydrogen) atoms. The summed E-state index contributed by atoms with van der Waals surface area (Å²) in [6, 6.07) is 3.60. The second-order valence-electron chi connectivity index (χ2n) is 11.1. The Morgan fingerprint density at radius 2 is 1.40 bits per heavy atom. The zero-order chi connectivity index (χ0) is 36.3. The van der Waals surface area contributed by atoms with Gasteiger partial charge >= 0.3 is 31.5 Å². The van der Waals surface area contributed by atoms with Crippen molar-refractivity contribution in [1.82, 2.24) is 10.6 Å². The van der Waals surface area contributed by atoms with Crippen LogP contribution in [0.3, 0.4) is 0 Å². The number of carbonyl (C=O) groups excluding carboxylic acids is 3. The number of rotatable bonds is 26. The third kappa shape index (κ3) is 18.2. The molecule has 0 aliphatic heterocycles. The number of hydrogen-bond acceptors (Lipinski definition) is 9. The number of carboxylic acids is 4. The van der Waals surface area contributed by atoms with E-state index in [0.29, 0.717) is 31.4 Å². The quantitative estimate of drug-likeness (QED) is 0.0540. The first kappa shape index (κ1) is 41.8. The Morgan fingerprint density at radius 3 is 1.98 bits per heavy atom. The third-order valence-electron chi connectivity index (χ3n) is 7.14. The number of unbranched alkanes of at least 4 members (excludes halogenated alkanes) is 2. The summed E-state index contributed by atoms with van der Waals surface area (Å²) in [5.74, 6) is -10.1. The molecule has 2 amide bonds. The second-order valence-corrected chi connectivity index (χ2v) is 13.0. The molecule has 0 bridgehead atoms. The molecule has 0 saturated carbocycles. The summed E-state index contributed by atoms with van der Waals surface area (Å²) in [5.41, 5.74) is 0.307. The van der Waals surface area contributed by atoms with Crippen molar-refractivity contribution in [3.05, 3.63) is 35.6 Å². The molecular weight excluding hydrogens is 661 g/mol. The molecule has 1 rings (SSSR count). The minimum absolute atomic E-state index is 0.0884. The Labute approximate surface area is 275 Å². The van der Waals surface area contributed by atoms with Gasteiger partial charge in [-0.2, -0.15) is 0 Å². The summed E-state index contributed by atoms with van der Waals surface area (Å²) in [6.45, 7) is -0.139. The summed E-state index contributed by atoms with van der Waals surface area (Å²) >= 11 is 0. The highest BCUT2D eigenvalue weighted by molar-refractivity contribution is 7.52. The third-order valence-corrected chi connectivity index (χ3v) is 8.63. The predicted molar refractivity (Wildman–Crippen MR) is 165 cm³/mol. The van der Waals surface area contributed by atoms with Gasteiger partial charge in [-0.15, -0.1) is 0 Å². The average molecular weight is 704 g/mol. The van der Waals surface area contributed by atoms with Crippen LogP contribution < -0.4 is 10.6 Å². The largest absolute Gasteiger partial charge is 0.481 e. The molecule has 18 heteroatoms. The highest BCUT2D eigenvalue weighted by Gasteiger charge is 2.31. The van der Waals surface area contributed by atoms with Crippen LogP contribution in [-0.2, 0) is 37.9 Å². The number of ketones is 1. The minimum Gasteiger partial charge on any atom is -0.481 e. The standard InChI is InChI=1S/C30H42FN2O14P/c31-22-11-7-19(8-12-22)27(38)32-15-3-1-2-5-23(34)17-20(28(39)40)9-13-25(35)33-24(30(43)44)6-4-16-47-48(45,46)18-21(29(41)42)10-14-26(36)37/h7-8,11-12,20-21,24H,1-6,9-10,13-18H2,(H,32,38)(H,33,35)(H,36,37)(H,39,40)(H,41,42)(H,43,44)(H,45,46)/t20-,21-,24+/m1/s1/i31-1. The van der Waals surface area contributed by atoms with Crippen LogP contribution in [0.2, 0.25) is 0 Å². The fourth-order valence-corrected chi connectivity index (χ4v) is 5.88. The maximum absolute atomic E-state index is 13.0. The lowest BCUT2D eigenvalue weighted by Gasteiger charge is -2.18. The first-order valence-electron chi connectivity index (χ1n) is 15.2. The Kier molecular flexibility index (Phi) is 18.8. The molecule has 0 aliphatic carbocycles. The number of Topliss-reactive ketones (excluding diaryl/α,β-unsaturated/α-hetero) is 1. The minimum atomic E-state index is -4.46. The van der Waals surface area contributed by atoms with Gasteiger partial charge in [-0.3, -0.25) is 33.3 Å². The highest BCUT2D eigenvalue weighted by Crippen LogP contribution is 2.44. The summed E-state index contributed by atoms with van der Waals surface area (Å²) in [5, 5.41) is 41.7. The van der Waals surface area contributed by atoms with Gasteiger partial charge in [0.05, 0.1) is 24.6 Å². The molecule has 0 aliphatic rings. The van der Waals surface area contributed by atoms with Gasteiger partial charge in [-0.05, 0) is 62.8 Å². The van der Waals surface area contributed by atoms with Crippen molar-refractivity contribution in [2.24, 2.45) is 11.8 Å². The number of carboxylic acid groups (broad SMARTS) is 4. The fraction of sp³-hybridized carbons (Fsp3) is 0.567. The van der Waals surface area contributed by atoms with Gasteiger partial charge in [-0.25, -0.2) is 9.18 Å². The summed E-state index contributed by atoms with van der Waals surface area (Å²) in [7, 11) is -4.46. The van der Waals surface area contributed by atoms with E-state index < -0.39 is 93.1 Å². The molecule has 16 nitrogen and oxygen atoms in total. The Balaban J connectivity index is 2.40. The van der Waals surface area contributed by atoms with Gasteiger partial charge in [0.1, 0.15) is 17.6 Å². The lowest BCUT2D eigenvalue weighted by atomic mass is 9.94. The number of benzene rings is 1. The van der Waals surface area contributed by atoms with E-state index in [2.05, 4.69) is 10.6 Å². The van der Waals surface area contributed by atoms with Crippen LogP contribution in [0, 0.1) is 17.7 Å². The van der Waals surface area contributed by atoms with Crippen LogP contribution in [0.25, 0.3) is 0 Å². The molecule has 0 aromatic heterocycles. The molecule has 1 unspecified atom stereocenters. The molecule has 0 heterocycles. The Bertz CT molecular complexity index is 1320. The zero-order valence-electron chi connectivity index (χ0n) is 26.2. The van der Waals surface area contributed by atoms with Crippen LogP contribution in [0.5, 0.6) is 0 Å². The van der Waals surface area contributed by atoms with Crippen molar-refractivity contribution in [2.75, 3.05) is 19.3 Å². The summed E-state index contributed by atoms with van der Waals surface area (Å²) in [4.78, 5) is 91.8. The molecule has 0 saturated heterocycles. The van der Waals surface area contributed by atoms with Crippen LogP contribution in [0.1, 0.15) is 81.0 Å². The number of carbonyl (C=O) groups is 7. The molecule has 0 fully saturated rings. The smallest absolute Gasteiger partial charge is 0.328 e. The van der Waals surface area contributed by atoms with E-state index >= 15 is 0 Å². The number of nitrogens with one attached hydrogen (secondary N) is 2. The topological polar surface area (TPSA) is 271 Å². The first-order chi connectivity index (χ1) is 22.5. The van der Waals surface area contributed by atoms with Gasteiger partial charge in [0, 0.05) is 37.8 Å². The van der Waals surface area contributed by atoms with E-state index in [1.165, 1.54) is 24.3 Å². The van der Waals surface area contributed by atoms with Crippen LogP contribution in [0.15, 0.2) is 24.3 Å². The second kappa shape index (κ2) is 21.6. The van der Waals surface area contributed by atoms with Crippen LogP contribution in [-0.4, -0.2) is 92.1 Å². The van der Waals surface area contributed by atoms with Gasteiger partial charge in [0.15, 0.2) is 0 Å². The highest BCUT2D eigenvalue weighted by atomic mass is 31.2. The van der Waals surface area contributed by atoms with Gasteiger partial charge in [0.2, 0.25) is 5.91 Å². The van der Waals surface area contributed by atoms with Crippen molar-refractivity contribution in [2.45, 2.75) is 76.7 Å². The number of aliphatic carboxylic acids is 4. The van der Waals surface area contributed by atoms with Crippen molar-refractivity contribution in [3.8, 4) is 0 Å². The molecule has 4 atom stereocenters. The zero-order valence-corrected chi connectivity index (χ0v) is 27.1. The molecule has 268 valence electrons. The van der Waals surface area contributed by atoms with Crippen molar-refractivity contribution in [3.63, 3.8) is 0 Å². The first-order valence-corrected chi connectivity index (χ1v) is 17.0. The van der Waals surface area contributed by atoms with Crippen LogP contribution >= 0.6 is 7.60 Å². The average Bonchev–Trinajstić information content (AvgIpc) is 3.00. The molecule has 0 radical (unpaired) electrons. The maximum atomic E-state index is 13.0. The fourth-order valence-electron chi connectivity index (χ4n) is 4.46. The van der Waals surface area contributed by atoms with Crippen molar-refractivity contribution < 1.29 is 72.4 Å². The van der Waals surface area contributed by atoms with E-state index in [9.17, 15) is 57.6 Å². The van der Waals surface area contributed by atoms with E-state index in [0.717, 1.165) is 0 Å². The van der Waals surface area contributed by atoms with E-state index in [1.54, 1.807) is 0 Å². The number of hydrogen-bond donors (Lipinski definition) is 7. The van der Waals surface area contributed by atoms with E-state index in [4.69, 9.17) is 14.7 Å². The lowest BCUT2D eigenvalue weighted by Crippen LogP contribution is -2.41. The Hall–Kier alpha value is -4.21. The molecule has 7 N–H and O–H groups in total. The van der Waals surface area contributed by atoms with Crippen molar-refractivity contribution in [1.29, 1.82) is 0 Å². The molecule has 1 aromatic rings. The lowest BCUT2D eigenvalue weighted by molar-refractivity contribution is -0.145. The maximum Gasteiger partial charge on any atom is 0.328 e. The van der Waals surface area contributed by atoms with E-state index in [-0.39, 0.29) is 43.8 Å². The monoisotopic (exact) mass is 703 g/mol. The van der Waals surface area contributed by atoms with Gasteiger partial charge in [-0.1, -0.05) is 6.42 Å². The molecule has 1 aromatic carbocycles. The van der Waals surface area contributed by atoms with E-state index in [1.807, 2.05) is 0 Å². The van der Waals surface area contributed by atoms with Gasteiger partial charge < -0.3 is 40.5 Å². The Morgan fingerprint density at radius 1 is 0.771 bits per heavy atom. The normalized spacial score (nSPS) is 14.1. The number of halogens is 1. The predicted octanol–water partition coefficient (Wildman–Crippen LogP) is 2.67. The molecule has 0 spiro atoms.